The molecule has 0 aliphatic carbocycles. The van der Waals surface area contributed by atoms with E-state index in [-0.39, 0.29) is 12.1 Å². The minimum atomic E-state index is -0.115. The van der Waals surface area contributed by atoms with E-state index >= 15 is 0 Å². The Kier molecular flexibility index (Phi) is 5.98. The molecule has 0 saturated carbocycles. The molecule has 2 rings (SSSR count). The predicted molar refractivity (Wildman–Crippen MR) is 93.0 cm³/mol. The number of hydrogen-bond acceptors (Lipinski definition) is 4. The molecule has 0 bridgehead atoms. The van der Waals surface area contributed by atoms with Crippen molar-refractivity contribution in [2.45, 2.75) is 33.4 Å². The Labute approximate surface area is 141 Å². The summed E-state index contributed by atoms with van der Waals surface area (Å²) in [5.74, 6) is 0.810. The van der Waals surface area contributed by atoms with Gasteiger partial charge in [0.05, 0.1) is 17.6 Å². The second-order valence-corrected chi connectivity index (χ2v) is 7.00. The lowest BCUT2D eigenvalue weighted by molar-refractivity contribution is 0.195. The number of carbonyl (C=O) groups excluding carboxylic acids is 1. The fraction of sp³-hybridized carbons (Fsp3) is 0.412. The van der Waals surface area contributed by atoms with Gasteiger partial charge in [-0.15, -0.1) is 11.3 Å². The van der Waals surface area contributed by atoms with Crippen LogP contribution in [0.4, 0.5) is 4.79 Å². The second kappa shape index (κ2) is 7.97. The third-order valence-electron chi connectivity index (χ3n) is 3.30. The number of hydrogen-bond donors (Lipinski definition) is 1. The van der Waals surface area contributed by atoms with Gasteiger partial charge < -0.3 is 15.0 Å². The zero-order valence-electron chi connectivity index (χ0n) is 14.0. The highest BCUT2D eigenvalue weighted by Gasteiger charge is 2.13. The van der Waals surface area contributed by atoms with Crippen molar-refractivity contribution in [3.63, 3.8) is 0 Å². The fourth-order valence-corrected chi connectivity index (χ4v) is 2.85. The van der Waals surface area contributed by atoms with E-state index in [9.17, 15) is 4.79 Å². The zero-order chi connectivity index (χ0) is 16.8. The fourth-order valence-electron chi connectivity index (χ4n) is 2.00. The molecule has 1 N–H and O–H groups in total. The molecule has 0 unspecified atom stereocenters. The minimum Gasteiger partial charge on any atom is -0.491 e. The number of nitrogens with zero attached hydrogens (tertiary/aromatic N) is 2. The number of amides is 2. The molecular weight excluding hydrogens is 310 g/mol. The van der Waals surface area contributed by atoms with Crippen molar-refractivity contribution in [3.05, 3.63) is 45.9 Å². The SMILES string of the molecule is Cc1ccc(OC[C@@H](C)NC(=O)N(C)Cc2cnc(C)s2)cc1. The summed E-state index contributed by atoms with van der Waals surface area (Å²) in [6.45, 7) is 6.91. The summed E-state index contributed by atoms with van der Waals surface area (Å²) < 4.78 is 5.68. The highest BCUT2D eigenvalue weighted by Crippen LogP contribution is 2.14. The van der Waals surface area contributed by atoms with E-state index in [2.05, 4.69) is 10.3 Å². The molecule has 0 fully saturated rings. The largest absolute Gasteiger partial charge is 0.491 e. The maximum atomic E-state index is 12.2. The van der Waals surface area contributed by atoms with Crippen LogP contribution >= 0.6 is 11.3 Å². The van der Waals surface area contributed by atoms with Gasteiger partial charge >= 0.3 is 6.03 Å². The van der Waals surface area contributed by atoms with Gasteiger partial charge in [-0.05, 0) is 32.9 Å². The number of ether oxygens (including phenoxy) is 1. The Morgan fingerprint density at radius 1 is 1.35 bits per heavy atom. The molecule has 0 aliphatic heterocycles. The minimum absolute atomic E-state index is 0.0746. The lowest BCUT2D eigenvalue weighted by Crippen LogP contribution is -2.43. The summed E-state index contributed by atoms with van der Waals surface area (Å²) in [5, 5.41) is 3.94. The molecule has 23 heavy (non-hydrogen) atoms. The van der Waals surface area contributed by atoms with Crippen LogP contribution < -0.4 is 10.1 Å². The summed E-state index contributed by atoms with van der Waals surface area (Å²) in [5.41, 5.74) is 1.19. The van der Waals surface area contributed by atoms with Gasteiger partial charge in [0.1, 0.15) is 12.4 Å². The Morgan fingerprint density at radius 3 is 2.65 bits per heavy atom. The lowest BCUT2D eigenvalue weighted by Gasteiger charge is -2.21. The molecule has 1 aromatic carbocycles. The second-order valence-electron chi connectivity index (χ2n) is 5.68. The average molecular weight is 333 g/mol. The van der Waals surface area contributed by atoms with Crippen LogP contribution in [0.15, 0.2) is 30.5 Å². The summed E-state index contributed by atoms with van der Waals surface area (Å²) in [6, 6.07) is 7.68. The van der Waals surface area contributed by atoms with Crippen molar-refractivity contribution in [2.24, 2.45) is 0 Å². The van der Waals surface area contributed by atoms with Gasteiger partial charge in [0.25, 0.3) is 0 Å². The van der Waals surface area contributed by atoms with E-state index in [0.29, 0.717) is 13.2 Å². The first-order valence-electron chi connectivity index (χ1n) is 7.56. The molecule has 124 valence electrons. The quantitative estimate of drug-likeness (QED) is 0.882. The maximum absolute atomic E-state index is 12.2. The number of thiazole rings is 1. The van der Waals surface area contributed by atoms with Gasteiger partial charge in [-0.25, -0.2) is 9.78 Å². The van der Waals surface area contributed by atoms with Crippen LogP contribution in [0.25, 0.3) is 0 Å². The van der Waals surface area contributed by atoms with Gasteiger partial charge in [0.15, 0.2) is 0 Å². The predicted octanol–water partition coefficient (Wildman–Crippen LogP) is 3.37. The molecule has 5 nitrogen and oxygen atoms in total. The first kappa shape index (κ1) is 17.3. The molecule has 0 spiro atoms. The van der Waals surface area contributed by atoms with Gasteiger partial charge in [-0.2, -0.15) is 0 Å². The number of urea groups is 1. The van der Waals surface area contributed by atoms with Gasteiger partial charge in [0.2, 0.25) is 0 Å². The number of aryl methyl sites for hydroxylation is 2. The van der Waals surface area contributed by atoms with Gasteiger partial charge in [0, 0.05) is 18.1 Å². The van der Waals surface area contributed by atoms with E-state index in [0.717, 1.165) is 15.6 Å². The molecule has 0 aliphatic rings. The number of rotatable bonds is 6. The number of carbonyl (C=O) groups is 1. The van der Waals surface area contributed by atoms with Crippen LogP contribution in [0.5, 0.6) is 5.75 Å². The Bertz CT molecular complexity index is 640. The Hall–Kier alpha value is -2.08. The molecule has 0 radical (unpaired) electrons. The van der Waals surface area contributed by atoms with Crippen LogP contribution in [0.1, 0.15) is 22.4 Å². The first-order chi connectivity index (χ1) is 10.9. The molecule has 0 saturated heterocycles. The standard InChI is InChI=1S/C17H23N3O2S/c1-12-5-7-15(8-6-12)22-11-13(2)19-17(21)20(4)10-16-9-18-14(3)23-16/h5-9,13H,10-11H2,1-4H3,(H,19,21)/t13-/m1/s1. The smallest absolute Gasteiger partial charge is 0.317 e. The van der Waals surface area contributed by atoms with E-state index in [4.69, 9.17) is 4.74 Å². The normalized spacial score (nSPS) is 11.8. The van der Waals surface area contributed by atoms with Crippen molar-refractivity contribution in [2.75, 3.05) is 13.7 Å². The van der Waals surface area contributed by atoms with Crippen LogP contribution in [-0.2, 0) is 6.54 Å². The molecule has 2 amide bonds. The highest BCUT2D eigenvalue weighted by atomic mass is 32.1. The monoisotopic (exact) mass is 333 g/mol. The molecule has 1 aromatic heterocycles. The molecule has 1 heterocycles. The Balaban J connectivity index is 1.76. The van der Waals surface area contributed by atoms with Crippen molar-refractivity contribution >= 4 is 17.4 Å². The first-order valence-corrected chi connectivity index (χ1v) is 8.38. The summed E-state index contributed by atoms with van der Waals surface area (Å²) in [4.78, 5) is 19.1. The van der Waals surface area contributed by atoms with E-state index in [1.807, 2.05) is 51.2 Å². The van der Waals surface area contributed by atoms with Gasteiger partial charge in [-0.1, -0.05) is 17.7 Å². The summed E-state index contributed by atoms with van der Waals surface area (Å²) >= 11 is 1.60. The van der Waals surface area contributed by atoms with Crippen molar-refractivity contribution in [1.29, 1.82) is 0 Å². The van der Waals surface area contributed by atoms with Crippen LogP contribution in [0, 0.1) is 13.8 Å². The number of benzene rings is 1. The summed E-state index contributed by atoms with van der Waals surface area (Å²) in [6.07, 6.45) is 1.81. The number of aromatic nitrogens is 1. The molecular formula is C17H23N3O2S. The van der Waals surface area contributed by atoms with Crippen molar-refractivity contribution in [1.82, 2.24) is 15.2 Å². The van der Waals surface area contributed by atoms with Crippen LogP contribution in [-0.4, -0.2) is 35.6 Å². The highest BCUT2D eigenvalue weighted by molar-refractivity contribution is 7.11. The van der Waals surface area contributed by atoms with Crippen LogP contribution in [0.3, 0.4) is 0 Å². The molecule has 2 aromatic rings. The topological polar surface area (TPSA) is 54.5 Å². The molecule has 1 atom stereocenters. The Morgan fingerprint density at radius 2 is 2.04 bits per heavy atom. The van der Waals surface area contributed by atoms with Crippen molar-refractivity contribution in [3.8, 4) is 5.75 Å². The summed E-state index contributed by atoms with van der Waals surface area (Å²) in [7, 11) is 1.78. The van der Waals surface area contributed by atoms with Crippen molar-refractivity contribution < 1.29 is 9.53 Å². The van der Waals surface area contributed by atoms with E-state index in [1.165, 1.54) is 5.56 Å². The third kappa shape index (κ3) is 5.56. The van der Waals surface area contributed by atoms with E-state index in [1.54, 1.807) is 23.3 Å². The van der Waals surface area contributed by atoms with Gasteiger partial charge in [-0.3, -0.25) is 0 Å². The average Bonchev–Trinajstić information content (AvgIpc) is 2.91. The third-order valence-corrected chi connectivity index (χ3v) is 4.20. The number of nitrogens with one attached hydrogen (secondary N) is 1. The molecule has 6 heteroatoms. The maximum Gasteiger partial charge on any atom is 0.317 e. The zero-order valence-corrected chi connectivity index (χ0v) is 14.8. The lowest BCUT2D eigenvalue weighted by atomic mass is 10.2. The van der Waals surface area contributed by atoms with Crippen LogP contribution in [0.2, 0.25) is 0 Å². The van der Waals surface area contributed by atoms with E-state index < -0.39 is 0 Å².